The second-order valence-corrected chi connectivity index (χ2v) is 43.8. The van der Waals surface area contributed by atoms with Crippen LogP contribution in [0.15, 0.2) is 140 Å². The SMILES string of the molecule is CC(C)(C)OC(=O)N(CC1(C(N)=NO)CC1)[C@H]1C[C@@H]1c1ccccc1.CC(C)(C)OC(=O)N(CC1(c2noc(C3CCC(C(=O)O)CC3)n2)CC1)[C@H]1C[C@@H]1c1ccccc1.COC(=O)C1CCC(C(=O)O)CC1.COC(=O)C1CCC(c2nc(C3(CN(C(=O)OC(C)(C)C)[C@H]4C[C@@H]4c4ccccc4)CC3)no2)CC1.O=C(O)C1CCC(c2nc(C3(CN[C@H]4C[C@@H]4c4ccccc4)CC3)no2)CC1. The Morgan fingerprint density at radius 3 is 0.949 bits per heavy atom. The van der Waals surface area contributed by atoms with Crippen LogP contribution in [0.2, 0.25) is 0 Å². The topological polar surface area (TPSA) is 441 Å². The van der Waals surface area contributed by atoms with Crippen LogP contribution in [0.25, 0.3) is 0 Å². The van der Waals surface area contributed by atoms with Crippen molar-refractivity contribution in [3.05, 3.63) is 179 Å². The number of nitrogens with two attached hydrogens (primary N) is 1. The summed E-state index contributed by atoms with van der Waals surface area (Å²) in [7, 11) is 2.81. The molecule has 8 atom stereocenters. The molecule has 3 amide bonds. The quantitative estimate of drug-likeness (QED) is 0.00662. The van der Waals surface area contributed by atoms with Gasteiger partial charge in [0.1, 0.15) is 22.6 Å². The van der Waals surface area contributed by atoms with Crippen molar-refractivity contribution in [2.75, 3.05) is 40.4 Å². The van der Waals surface area contributed by atoms with Crippen LogP contribution >= 0.6 is 0 Å². The van der Waals surface area contributed by atoms with E-state index in [9.17, 15) is 43.5 Å². The average Bonchev–Trinajstić information content (AvgIpc) is 1.57. The van der Waals surface area contributed by atoms with Crippen LogP contribution in [-0.2, 0) is 63.9 Å². The van der Waals surface area contributed by atoms with Crippen molar-refractivity contribution in [3.8, 4) is 0 Å². The number of aromatic nitrogens is 6. The number of amidine groups is 1. The zero-order chi connectivity index (χ0) is 97.5. The molecule has 32 nitrogen and oxygen atoms in total. The van der Waals surface area contributed by atoms with Crippen molar-refractivity contribution in [3.63, 3.8) is 0 Å². The Morgan fingerprint density at radius 1 is 0.394 bits per heavy atom. The number of esters is 2. The standard InChI is InChI=1S/C28H37N3O5.C27H35N3O5.C22H27N3O3.C19H27N3O3.C9H14O4/c1-27(2,3)35-26(33)31(22-16-21(22)18-8-6-5-7-9-18)17-28(14-15-28)25-29-23(36-30-25)19-10-12-20(13-11-19)24(32)34-4;1-26(2,3)34-25(33)30(21-15-20(21)17-7-5-4-6-8-17)16-27(13-14-27)24-28-22(35-29-24)18-9-11-19(12-10-18)23(31)32;26-20(27)16-8-6-15(7-9-16)19-24-21(25-28-19)22(10-11-22)13-23-18-12-17(18)14-4-2-1-3-5-14;1-18(2,3)25-17(23)22(12-19(9-10-19)16(20)21-24)15-11-14(15)13-7-5-4-6-8-13;1-13-9(12)7-4-2-6(3-5-7)8(10)11/h5-9,19-22H,10-17H2,1-4H3;4-8,18-21H,9-16H2,1-3H3,(H,31,32);1-5,15-18,23H,6-13H2,(H,26,27);4-8,14-15,24H,9-12H2,1-3H3,(H2,20,21);6-7H,2-5H2,1H3,(H,10,11)/t19?,20?,21-,22+;18?,19?,20-,21+;15?,16?,17-,18+;14-,15+;/m1111./s1. The van der Waals surface area contributed by atoms with Gasteiger partial charge in [-0.05, 0) is 264 Å². The fourth-order valence-corrected chi connectivity index (χ4v) is 20.6. The Hall–Kier alpha value is -11.3. The molecular weight excluding hydrogens is 1750 g/mol. The predicted octanol–water partition coefficient (Wildman–Crippen LogP) is 18.6. The van der Waals surface area contributed by atoms with Crippen LogP contribution in [0.1, 0.15) is 341 Å². The summed E-state index contributed by atoms with van der Waals surface area (Å²) in [6, 6.07) is 42.5. The first-order valence-electron chi connectivity index (χ1n) is 49.7. The number of nitrogens with zero attached hydrogens (tertiary/aromatic N) is 10. The fraction of sp³-hybridized carbons (Fsp3) is 0.629. The minimum Gasteiger partial charge on any atom is -0.481 e. The number of oxime groups is 1. The Bertz CT molecular complexity index is 5290. The summed E-state index contributed by atoms with van der Waals surface area (Å²) >= 11 is 0. The summed E-state index contributed by atoms with van der Waals surface area (Å²) in [4.78, 5) is 115. The lowest BCUT2D eigenvalue weighted by molar-refractivity contribution is -0.150. The van der Waals surface area contributed by atoms with Gasteiger partial charge in [-0.25, -0.2) is 14.4 Å². The summed E-state index contributed by atoms with van der Waals surface area (Å²) in [6.07, 6.45) is 22.1. The molecule has 0 spiro atoms. The van der Waals surface area contributed by atoms with Crippen molar-refractivity contribution in [2.45, 2.75) is 341 Å². The van der Waals surface area contributed by atoms with E-state index < -0.39 is 40.1 Å². The molecule has 0 aliphatic heterocycles. The molecule has 0 unspecified atom stereocenters. The molecular formula is C105H140N12O20. The Kier molecular flexibility index (Phi) is 30.8. The van der Waals surface area contributed by atoms with Crippen LogP contribution in [0.4, 0.5) is 14.4 Å². The van der Waals surface area contributed by atoms with E-state index in [0.29, 0.717) is 130 Å². The minimum atomic E-state index is -0.747. The lowest BCUT2D eigenvalue weighted by Crippen LogP contribution is -2.45. The van der Waals surface area contributed by atoms with Crippen molar-refractivity contribution in [2.24, 2.45) is 45.9 Å². The fourth-order valence-electron chi connectivity index (χ4n) is 20.6. The van der Waals surface area contributed by atoms with E-state index in [0.717, 1.165) is 134 Å². The largest absolute Gasteiger partial charge is 0.481 e. The van der Waals surface area contributed by atoms with Gasteiger partial charge in [-0.2, -0.15) is 15.0 Å². The van der Waals surface area contributed by atoms with Crippen LogP contribution in [0.5, 0.6) is 0 Å². The summed E-state index contributed by atoms with van der Waals surface area (Å²) in [5.74, 6) is 3.06. The molecule has 12 fully saturated rings. The maximum Gasteiger partial charge on any atom is 0.410 e. The number of rotatable bonds is 28. The van der Waals surface area contributed by atoms with Gasteiger partial charge in [0.15, 0.2) is 17.5 Å². The molecule has 0 saturated heterocycles. The van der Waals surface area contributed by atoms with Gasteiger partial charge in [0.2, 0.25) is 17.7 Å². The number of methoxy groups -OCH3 is 2. The third kappa shape index (κ3) is 25.8. The molecule has 3 heterocycles. The van der Waals surface area contributed by atoms with Gasteiger partial charge in [-0.15, -0.1) is 0 Å². The van der Waals surface area contributed by atoms with Gasteiger partial charge in [0, 0.05) is 103 Å². The van der Waals surface area contributed by atoms with E-state index in [1.54, 1.807) is 4.90 Å². The number of ether oxygens (including phenoxy) is 5. The molecule has 7 N–H and O–H groups in total. The average molecular weight is 1890 g/mol. The molecule has 7 aromatic rings. The molecule has 12 aliphatic rings. The van der Waals surface area contributed by atoms with Crippen molar-refractivity contribution < 1.29 is 96.1 Å². The van der Waals surface area contributed by atoms with Crippen LogP contribution in [-0.4, -0.2) is 201 Å². The second kappa shape index (κ2) is 42.2. The summed E-state index contributed by atoms with van der Waals surface area (Å²) < 4.78 is 43.7. The highest BCUT2D eigenvalue weighted by Gasteiger charge is 2.59. The first kappa shape index (κ1) is 100. The van der Waals surface area contributed by atoms with Gasteiger partial charge in [-0.3, -0.25) is 24.0 Å². The number of carboxylic acids is 3. The number of hydrogen-bond acceptors (Lipinski definition) is 25. The number of carbonyl (C=O) groups is 8. The molecule has 3 aromatic heterocycles. The first-order valence-corrected chi connectivity index (χ1v) is 49.7. The Balaban J connectivity index is 0.000000134. The predicted molar refractivity (Wildman–Crippen MR) is 504 cm³/mol. The highest BCUT2D eigenvalue weighted by atomic mass is 16.6. The third-order valence-corrected chi connectivity index (χ3v) is 30.1. The molecule has 740 valence electrons. The van der Waals surface area contributed by atoms with Crippen LogP contribution < -0.4 is 11.1 Å². The monoisotopic (exact) mass is 1890 g/mol. The summed E-state index contributed by atoms with van der Waals surface area (Å²) in [5, 5.41) is 56.1. The normalized spacial score (nSPS) is 27.4. The first-order chi connectivity index (χ1) is 65.4. The molecule has 137 heavy (non-hydrogen) atoms. The van der Waals surface area contributed by atoms with E-state index in [4.69, 9.17) is 68.6 Å². The summed E-state index contributed by atoms with van der Waals surface area (Å²) in [6.45, 7) is 19.4. The lowest BCUT2D eigenvalue weighted by atomic mass is 9.82. The molecule has 12 saturated carbocycles. The van der Waals surface area contributed by atoms with E-state index in [1.807, 2.05) is 127 Å². The molecule has 19 rings (SSSR count). The highest BCUT2D eigenvalue weighted by molar-refractivity contribution is 5.89. The zero-order valence-electron chi connectivity index (χ0n) is 81.3. The molecule has 0 radical (unpaired) electrons. The number of carbonyl (C=O) groups excluding carboxylic acids is 5. The van der Waals surface area contributed by atoms with E-state index in [2.05, 4.69) is 97.4 Å². The van der Waals surface area contributed by atoms with Gasteiger partial charge in [0.25, 0.3) is 0 Å². The maximum absolute atomic E-state index is 13.3. The summed E-state index contributed by atoms with van der Waals surface area (Å²) in [5.41, 5.74) is 8.37. The number of benzene rings is 4. The lowest BCUT2D eigenvalue weighted by Gasteiger charge is -2.30. The molecule has 4 aromatic carbocycles. The zero-order valence-corrected chi connectivity index (χ0v) is 81.3. The van der Waals surface area contributed by atoms with Crippen LogP contribution in [0.3, 0.4) is 0 Å². The van der Waals surface area contributed by atoms with Gasteiger partial charge in [-0.1, -0.05) is 142 Å². The molecule has 32 heteroatoms. The Morgan fingerprint density at radius 2 is 0.672 bits per heavy atom. The number of carboxylic acid groups (broad SMARTS) is 3. The highest BCUT2D eigenvalue weighted by Crippen LogP contribution is 2.57. The molecule has 12 aliphatic carbocycles. The maximum atomic E-state index is 13.3. The second-order valence-electron chi connectivity index (χ2n) is 43.8. The van der Waals surface area contributed by atoms with Crippen LogP contribution in [0, 0.1) is 35.0 Å². The van der Waals surface area contributed by atoms with Crippen molar-refractivity contribution in [1.82, 2.24) is 50.4 Å². The van der Waals surface area contributed by atoms with Crippen molar-refractivity contribution >= 4 is 54.0 Å². The van der Waals surface area contributed by atoms with Crippen molar-refractivity contribution in [1.29, 1.82) is 0 Å². The number of aliphatic carboxylic acids is 3. The number of hydrogen-bond donors (Lipinski definition) is 6. The van der Waals surface area contributed by atoms with E-state index >= 15 is 0 Å². The number of nitrogens with one attached hydrogen (secondary N) is 1. The number of amides is 3. The smallest absolute Gasteiger partial charge is 0.410 e. The third-order valence-electron chi connectivity index (χ3n) is 30.1. The van der Waals surface area contributed by atoms with E-state index in [1.165, 1.54) is 42.9 Å². The Labute approximate surface area is 802 Å². The van der Waals surface area contributed by atoms with E-state index in [-0.39, 0.29) is 118 Å². The minimum absolute atomic E-state index is 0.0316. The van der Waals surface area contributed by atoms with Gasteiger partial charge >= 0.3 is 48.1 Å². The van der Waals surface area contributed by atoms with Gasteiger partial charge in [0.05, 0.1) is 54.6 Å². The molecule has 0 bridgehead atoms. The van der Waals surface area contributed by atoms with Gasteiger partial charge < -0.3 is 83.5 Å².